The Labute approximate surface area is 163 Å². The van der Waals surface area contributed by atoms with Gasteiger partial charge in [-0.25, -0.2) is 18.2 Å². The topological polar surface area (TPSA) is 107 Å². The van der Waals surface area contributed by atoms with E-state index >= 15 is 0 Å². The number of hydrogen-bond acceptors (Lipinski definition) is 4. The smallest absolute Gasteiger partial charge is 0.279 e. The maximum Gasteiger partial charge on any atom is 0.279 e. The molecule has 9 heteroatoms. The van der Waals surface area contributed by atoms with Crippen LogP contribution in [-0.2, 0) is 10.0 Å². The molecule has 27 heavy (non-hydrogen) atoms. The Morgan fingerprint density at radius 1 is 1.22 bits per heavy atom. The third-order valence-electron chi connectivity index (χ3n) is 3.92. The van der Waals surface area contributed by atoms with Gasteiger partial charge >= 0.3 is 0 Å². The van der Waals surface area contributed by atoms with Crippen LogP contribution in [0.15, 0.2) is 56.6 Å². The summed E-state index contributed by atoms with van der Waals surface area (Å²) in [6, 6.07) is 11.1. The maximum atomic E-state index is 12.8. The van der Waals surface area contributed by atoms with E-state index in [0.717, 1.165) is 10.0 Å². The van der Waals surface area contributed by atoms with Crippen LogP contribution >= 0.6 is 15.9 Å². The number of benzene rings is 2. The van der Waals surface area contributed by atoms with Crippen LogP contribution in [0.2, 0.25) is 0 Å². The Balaban J connectivity index is 2.09. The average Bonchev–Trinajstić information content (AvgIpc) is 2.89. The number of nitrogens with zero attached hydrogens (tertiary/aromatic N) is 1. The summed E-state index contributed by atoms with van der Waals surface area (Å²) in [7, 11) is -2.22. The molecule has 0 aliphatic carbocycles. The predicted octanol–water partition coefficient (Wildman–Crippen LogP) is 0.823. The third-order valence-corrected chi connectivity index (χ3v) is 5.46. The summed E-state index contributed by atoms with van der Waals surface area (Å²) in [5.41, 5.74) is 0.948. The molecule has 1 heterocycles. The van der Waals surface area contributed by atoms with Crippen LogP contribution in [0.3, 0.4) is 0 Å². The van der Waals surface area contributed by atoms with Crippen molar-refractivity contribution in [1.82, 2.24) is 9.78 Å². The standard InChI is InChI=1S/C18H16BrN3O4S/c1-11-15(9-12-3-8-17(26-2)16(19)10-12)18(23)22(21-11)13-4-6-14(7-5-13)27(20,24)25/h3-10,21H,1H2,2H3,(H2,20,24,25)/b15-9+. The van der Waals surface area contributed by atoms with Crippen molar-refractivity contribution in [3.8, 4) is 11.4 Å². The zero-order valence-corrected chi connectivity index (χ0v) is 16.7. The number of primary sulfonamides is 1. The van der Waals surface area contributed by atoms with E-state index in [9.17, 15) is 13.2 Å². The van der Waals surface area contributed by atoms with Gasteiger partial charge in [-0.15, -0.1) is 0 Å². The minimum Gasteiger partial charge on any atom is -0.496 e. The number of nitrogens with one attached hydrogen (secondary N) is 1. The molecule has 0 radical (unpaired) electrons. The number of nitrogens with two attached hydrogens (primary N) is 1. The molecule has 0 unspecified atom stereocenters. The number of aromatic nitrogens is 2. The Hall–Kier alpha value is -2.62. The maximum absolute atomic E-state index is 12.8. The first-order chi connectivity index (χ1) is 12.7. The minimum atomic E-state index is -3.80. The van der Waals surface area contributed by atoms with E-state index in [-0.39, 0.29) is 10.5 Å². The summed E-state index contributed by atoms with van der Waals surface area (Å²) >= 11 is 3.41. The molecule has 140 valence electrons. The number of H-pyrrole nitrogens is 1. The molecular weight excluding hydrogens is 434 g/mol. The van der Waals surface area contributed by atoms with Crippen LogP contribution in [-0.4, -0.2) is 25.3 Å². The first-order valence-corrected chi connectivity index (χ1v) is 10.0. The Morgan fingerprint density at radius 2 is 1.89 bits per heavy atom. The summed E-state index contributed by atoms with van der Waals surface area (Å²) < 4.78 is 30.0. The summed E-state index contributed by atoms with van der Waals surface area (Å²) in [4.78, 5) is 12.7. The van der Waals surface area contributed by atoms with Gasteiger partial charge in [0.05, 0.1) is 32.7 Å². The normalized spacial score (nSPS) is 12.3. The minimum absolute atomic E-state index is 0.0319. The number of hydrogen-bond donors (Lipinski definition) is 2. The van der Waals surface area contributed by atoms with Crippen LogP contribution in [0.1, 0.15) is 5.56 Å². The van der Waals surface area contributed by atoms with Crippen LogP contribution in [0.25, 0.3) is 18.3 Å². The van der Waals surface area contributed by atoms with Crippen molar-refractivity contribution in [2.45, 2.75) is 4.90 Å². The molecule has 0 saturated heterocycles. The van der Waals surface area contributed by atoms with Crippen molar-refractivity contribution in [3.05, 3.63) is 73.4 Å². The van der Waals surface area contributed by atoms with Gasteiger partial charge in [0.15, 0.2) is 0 Å². The molecule has 0 aliphatic rings. The number of sulfonamides is 1. The Bertz CT molecular complexity index is 1280. The Kier molecular flexibility index (Phi) is 5.09. The van der Waals surface area contributed by atoms with Crippen LogP contribution in [0.5, 0.6) is 5.75 Å². The quantitative estimate of drug-likeness (QED) is 0.614. The van der Waals surface area contributed by atoms with Gasteiger partial charge in [0.2, 0.25) is 10.0 Å². The molecule has 0 bridgehead atoms. The monoisotopic (exact) mass is 449 g/mol. The first kappa shape index (κ1) is 19.2. The molecule has 0 spiro atoms. The number of aromatic amines is 1. The highest BCUT2D eigenvalue weighted by Gasteiger charge is 2.09. The van der Waals surface area contributed by atoms with Gasteiger partial charge in [-0.3, -0.25) is 9.89 Å². The highest BCUT2D eigenvalue weighted by Crippen LogP contribution is 2.25. The highest BCUT2D eigenvalue weighted by atomic mass is 79.9. The average molecular weight is 450 g/mol. The lowest BCUT2D eigenvalue weighted by Gasteiger charge is -2.03. The lowest BCUT2D eigenvalue weighted by Crippen LogP contribution is -2.33. The van der Waals surface area contributed by atoms with E-state index in [4.69, 9.17) is 9.88 Å². The molecule has 0 atom stereocenters. The number of halogens is 1. The largest absolute Gasteiger partial charge is 0.496 e. The fourth-order valence-corrected chi connectivity index (χ4v) is 3.62. The van der Waals surface area contributed by atoms with E-state index in [0.29, 0.717) is 22.0 Å². The molecule has 2 aromatic carbocycles. The van der Waals surface area contributed by atoms with Crippen molar-refractivity contribution in [2.24, 2.45) is 5.14 Å². The van der Waals surface area contributed by atoms with Crippen LogP contribution < -0.4 is 26.0 Å². The van der Waals surface area contributed by atoms with Gasteiger partial charge < -0.3 is 4.74 Å². The molecule has 0 amide bonds. The van der Waals surface area contributed by atoms with Gasteiger partial charge in [0.1, 0.15) is 5.75 Å². The third kappa shape index (κ3) is 3.90. The number of ether oxygens (including phenoxy) is 1. The van der Waals surface area contributed by atoms with Crippen molar-refractivity contribution in [1.29, 1.82) is 0 Å². The van der Waals surface area contributed by atoms with Crippen molar-refractivity contribution in [3.63, 3.8) is 0 Å². The number of methoxy groups -OCH3 is 1. The first-order valence-electron chi connectivity index (χ1n) is 7.69. The van der Waals surface area contributed by atoms with Gasteiger partial charge in [-0.2, -0.15) is 0 Å². The molecule has 7 nitrogen and oxygen atoms in total. The molecule has 3 N–H and O–H groups in total. The van der Waals surface area contributed by atoms with E-state index < -0.39 is 10.0 Å². The second kappa shape index (κ2) is 7.18. The van der Waals surface area contributed by atoms with Crippen molar-refractivity contribution >= 4 is 38.6 Å². The zero-order valence-electron chi connectivity index (χ0n) is 14.3. The highest BCUT2D eigenvalue weighted by molar-refractivity contribution is 9.10. The van der Waals surface area contributed by atoms with Gasteiger partial charge in [0.25, 0.3) is 5.56 Å². The van der Waals surface area contributed by atoms with Gasteiger partial charge in [0, 0.05) is 0 Å². The van der Waals surface area contributed by atoms with E-state index in [1.54, 1.807) is 19.3 Å². The SMILES string of the molecule is C=c1[nH]n(-c2ccc(S(N)(=O)=O)cc2)c(=O)/c1=C/c1ccc(OC)c(Br)c1. The zero-order chi connectivity index (χ0) is 19.8. The summed E-state index contributed by atoms with van der Waals surface area (Å²) in [5.74, 6) is 0.684. The van der Waals surface area contributed by atoms with Crippen molar-refractivity contribution < 1.29 is 13.2 Å². The van der Waals surface area contributed by atoms with Gasteiger partial charge in [-0.05, 0) is 64.0 Å². The lowest BCUT2D eigenvalue weighted by molar-refractivity contribution is 0.412. The van der Waals surface area contributed by atoms with E-state index in [1.165, 1.54) is 28.9 Å². The molecular formula is C18H16BrN3O4S. The van der Waals surface area contributed by atoms with E-state index in [2.05, 4.69) is 27.6 Å². The Morgan fingerprint density at radius 3 is 2.44 bits per heavy atom. The summed E-state index contributed by atoms with van der Waals surface area (Å²) in [6.07, 6.45) is 1.71. The molecule has 1 aromatic heterocycles. The fourth-order valence-electron chi connectivity index (χ4n) is 2.55. The molecule has 0 aliphatic heterocycles. The molecule has 3 rings (SSSR count). The molecule has 0 saturated carbocycles. The van der Waals surface area contributed by atoms with Gasteiger partial charge in [-0.1, -0.05) is 12.6 Å². The molecule has 0 fully saturated rings. The molecule has 3 aromatic rings. The van der Waals surface area contributed by atoms with Crippen molar-refractivity contribution in [2.75, 3.05) is 7.11 Å². The van der Waals surface area contributed by atoms with Crippen LogP contribution in [0, 0.1) is 0 Å². The lowest BCUT2D eigenvalue weighted by atomic mass is 10.2. The number of rotatable bonds is 4. The summed E-state index contributed by atoms with van der Waals surface area (Å²) in [6.45, 7) is 3.88. The summed E-state index contributed by atoms with van der Waals surface area (Å²) in [5, 5.41) is 8.80. The second-order valence-corrected chi connectivity index (χ2v) is 8.14. The second-order valence-electron chi connectivity index (χ2n) is 5.72. The predicted molar refractivity (Wildman–Crippen MR) is 107 cm³/mol. The van der Waals surface area contributed by atoms with E-state index in [1.807, 2.05) is 12.1 Å². The fraction of sp³-hybridized carbons (Fsp3) is 0.0556. The van der Waals surface area contributed by atoms with Crippen LogP contribution in [0.4, 0.5) is 0 Å².